The molecule has 0 saturated heterocycles. The van der Waals surface area contributed by atoms with Gasteiger partial charge < -0.3 is 5.32 Å². The lowest BCUT2D eigenvalue weighted by atomic mass is 10.2. The normalized spacial score (nSPS) is 12.4. The molecule has 82 valence electrons. The lowest BCUT2D eigenvalue weighted by Crippen LogP contribution is -2.28. The van der Waals surface area contributed by atoms with Gasteiger partial charge in [-0.3, -0.25) is 10.1 Å². The molecular formula is C9H14N4O2. The number of hydrogen-bond donors (Lipinski definition) is 1. The zero-order valence-corrected chi connectivity index (χ0v) is 8.80. The number of hydrogen-bond acceptors (Lipinski definition) is 5. The third-order valence-electron chi connectivity index (χ3n) is 1.94. The number of nitrogens with zero attached hydrogens (tertiary/aromatic N) is 3. The lowest BCUT2D eigenvalue weighted by molar-refractivity contribution is -0.385. The van der Waals surface area contributed by atoms with Crippen molar-refractivity contribution in [3.8, 4) is 0 Å². The van der Waals surface area contributed by atoms with Gasteiger partial charge in [-0.2, -0.15) is 0 Å². The topological polar surface area (TPSA) is 81.0 Å². The zero-order chi connectivity index (χ0) is 11.3. The number of aromatic nitrogens is 2. The minimum absolute atomic E-state index is 0.0742. The molecule has 0 radical (unpaired) electrons. The molecule has 0 spiro atoms. The molecule has 0 aliphatic rings. The minimum Gasteiger partial charge on any atom is -0.314 e. The van der Waals surface area contributed by atoms with Gasteiger partial charge in [-0.1, -0.05) is 6.92 Å². The molecule has 0 aliphatic heterocycles. The van der Waals surface area contributed by atoms with Crippen molar-refractivity contribution >= 4 is 5.69 Å². The van der Waals surface area contributed by atoms with E-state index in [1.165, 1.54) is 12.4 Å². The first-order chi connectivity index (χ1) is 7.13. The summed E-state index contributed by atoms with van der Waals surface area (Å²) >= 11 is 0. The first kappa shape index (κ1) is 11.5. The van der Waals surface area contributed by atoms with Gasteiger partial charge in [0.2, 0.25) is 0 Å². The molecule has 6 nitrogen and oxygen atoms in total. The van der Waals surface area contributed by atoms with Crippen LogP contribution >= 0.6 is 0 Å². The van der Waals surface area contributed by atoms with Gasteiger partial charge in [0.05, 0.1) is 4.92 Å². The van der Waals surface area contributed by atoms with Crippen LogP contribution in [0.3, 0.4) is 0 Å². The molecule has 0 amide bonds. The fourth-order valence-electron chi connectivity index (χ4n) is 1.24. The van der Waals surface area contributed by atoms with Crippen LogP contribution in [0.2, 0.25) is 0 Å². The van der Waals surface area contributed by atoms with Crippen molar-refractivity contribution in [1.82, 2.24) is 15.3 Å². The Kier molecular flexibility index (Phi) is 4.11. The van der Waals surface area contributed by atoms with Crippen LogP contribution in [0.5, 0.6) is 0 Å². The summed E-state index contributed by atoms with van der Waals surface area (Å²) in [5, 5.41) is 13.6. The standard InChI is InChI=1S/C9H14N4O2/c1-3-10-7(2)4-9-11-5-8(6-12-9)13(14)15/h5-7,10H,3-4H2,1-2H3. The summed E-state index contributed by atoms with van der Waals surface area (Å²) in [6.07, 6.45) is 3.15. The Hall–Kier alpha value is -1.56. The third-order valence-corrected chi connectivity index (χ3v) is 1.94. The van der Waals surface area contributed by atoms with Crippen molar-refractivity contribution in [1.29, 1.82) is 0 Å². The molecule has 1 heterocycles. The SMILES string of the molecule is CCNC(C)Cc1ncc([N+](=O)[O-])cn1. The Bertz CT molecular complexity index is 325. The van der Waals surface area contributed by atoms with Crippen LogP contribution in [-0.4, -0.2) is 27.5 Å². The van der Waals surface area contributed by atoms with Gasteiger partial charge in [-0.05, 0) is 13.5 Å². The fourth-order valence-corrected chi connectivity index (χ4v) is 1.24. The summed E-state index contributed by atoms with van der Waals surface area (Å²) in [4.78, 5) is 17.7. The van der Waals surface area contributed by atoms with Crippen LogP contribution in [0.25, 0.3) is 0 Å². The first-order valence-corrected chi connectivity index (χ1v) is 4.82. The Balaban J connectivity index is 2.60. The highest BCUT2D eigenvalue weighted by Crippen LogP contribution is 2.06. The van der Waals surface area contributed by atoms with Crippen molar-refractivity contribution < 1.29 is 4.92 Å². The molecule has 1 N–H and O–H groups in total. The van der Waals surface area contributed by atoms with E-state index in [0.717, 1.165) is 6.54 Å². The van der Waals surface area contributed by atoms with Crippen molar-refractivity contribution in [2.24, 2.45) is 0 Å². The molecule has 0 saturated carbocycles. The number of nitrogens with one attached hydrogen (secondary N) is 1. The van der Waals surface area contributed by atoms with Gasteiger partial charge in [0, 0.05) is 12.5 Å². The third kappa shape index (κ3) is 3.59. The van der Waals surface area contributed by atoms with E-state index in [1.807, 2.05) is 13.8 Å². The zero-order valence-electron chi connectivity index (χ0n) is 8.80. The summed E-state index contributed by atoms with van der Waals surface area (Å²) in [5.74, 6) is 0.619. The average molecular weight is 210 g/mol. The van der Waals surface area contributed by atoms with Gasteiger partial charge in [-0.25, -0.2) is 9.97 Å². The highest BCUT2D eigenvalue weighted by Gasteiger charge is 2.08. The molecule has 1 rings (SSSR count). The van der Waals surface area contributed by atoms with E-state index in [2.05, 4.69) is 15.3 Å². The highest BCUT2D eigenvalue weighted by atomic mass is 16.6. The molecule has 1 unspecified atom stereocenters. The van der Waals surface area contributed by atoms with Crippen LogP contribution in [0.4, 0.5) is 5.69 Å². The van der Waals surface area contributed by atoms with Gasteiger partial charge in [0.15, 0.2) is 0 Å². The van der Waals surface area contributed by atoms with Crippen molar-refractivity contribution in [3.05, 3.63) is 28.3 Å². The molecule has 15 heavy (non-hydrogen) atoms. The largest absolute Gasteiger partial charge is 0.314 e. The molecule has 1 aromatic heterocycles. The number of rotatable bonds is 5. The van der Waals surface area contributed by atoms with Gasteiger partial charge in [0.25, 0.3) is 0 Å². The first-order valence-electron chi connectivity index (χ1n) is 4.82. The van der Waals surface area contributed by atoms with Gasteiger partial charge in [-0.15, -0.1) is 0 Å². The Morgan fingerprint density at radius 3 is 2.60 bits per heavy atom. The molecular weight excluding hydrogens is 196 g/mol. The molecule has 0 bridgehead atoms. The maximum atomic E-state index is 10.4. The van der Waals surface area contributed by atoms with E-state index in [1.54, 1.807) is 0 Å². The predicted octanol–water partition coefficient (Wildman–Crippen LogP) is 0.925. The lowest BCUT2D eigenvalue weighted by Gasteiger charge is -2.09. The maximum absolute atomic E-state index is 10.4. The highest BCUT2D eigenvalue weighted by molar-refractivity contribution is 5.20. The fraction of sp³-hybridized carbons (Fsp3) is 0.556. The molecule has 0 fully saturated rings. The molecule has 6 heteroatoms. The second-order valence-electron chi connectivity index (χ2n) is 3.28. The van der Waals surface area contributed by atoms with Crippen LogP contribution in [0, 0.1) is 10.1 Å². The second kappa shape index (κ2) is 5.35. The van der Waals surface area contributed by atoms with Gasteiger partial charge in [0.1, 0.15) is 18.2 Å². The summed E-state index contributed by atoms with van der Waals surface area (Å²) in [7, 11) is 0. The second-order valence-corrected chi connectivity index (χ2v) is 3.28. The van der Waals surface area contributed by atoms with Crippen LogP contribution in [-0.2, 0) is 6.42 Å². The minimum atomic E-state index is -0.502. The number of likely N-dealkylation sites (N-methyl/N-ethyl adjacent to an activating group) is 1. The van der Waals surface area contributed by atoms with Crippen LogP contribution < -0.4 is 5.32 Å². The molecule has 0 aromatic carbocycles. The smallest absolute Gasteiger partial charge is 0.305 e. The van der Waals surface area contributed by atoms with E-state index in [4.69, 9.17) is 0 Å². The van der Waals surface area contributed by atoms with Crippen molar-refractivity contribution in [2.45, 2.75) is 26.3 Å². The van der Waals surface area contributed by atoms with E-state index < -0.39 is 4.92 Å². The van der Waals surface area contributed by atoms with Crippen molar-refractivity contribution in [3.63, 3.8) is 0 Å². The summed E-state index contributed by atoms with van der Waals surface area (Å²) in [6.45, 7) is 4.93. The Morgan fingerprint density at radius 1 is 1.53 bits per heavy atom. The molecule has 1 aromatic rings. The summed E-state index contributed by atoms with van der Waals surface area (Å²) in [6, 6.07) is 0.274. The molecule has 1 atom stereocenters. The van der Waals surface area contributed by atoms with E-state index in [-0.39, 0.29) is 11.7 Å². The van der Waals surface area contributed by atoms with E-state index in [0.29, 0.717) is 12.2 Å². The molecule has 0 aliphatic carbocycles. The monoisotopic (exact) mass is 210 g/mol. The van der Waals surface area contributed by atoms with Crippen LogP contribution in [0.1, 0.15) is 19.7 Å². The predicted molar refractivity (Wildman–Crippen MR) is 55.5 cm³/mol. The average Bonchev–Trinajstić information content (AvgIpc) is 2.18. The summed E-state index contributed by atoms with van der Waals surface area (Å²) < 4.78 is 0. The Morgan fingerprint density at radius 2 is 2.13 bits per heavy atom. The maximum Gasteiger partial charge on any atom is 0.305 e. The van der Waals surface area contributed by atoms with Crippen LogP contribution in [0.15, 0.2) is 12.4 Å². The number of nitro groups is 1. The summed E-state index contributed by atoms with van der Waals surface area (Å²) in [5.41, 5.74) is -0.0742. The van der Waals surface area contributed by atoms with Crippen molar-refractivity contribution in [2.75, 3.05) is 6.54 Å². The van der Waals surface area contributed by atoms with E-state index >= 15 is 0 Å². The quantitative estimate of drug-likeness (QED) is 0.577. The van der Waals surface area contributed by atoms with E-state index in [9.17, 15) is 10.1 Å². The Labute approximate surface area is 87.9 Å². The van der Waals surface area contributed by atoms with Gasteiger partial charge >= 0.3 is 5.69 Å².